The molecule has 0 aliphatic carbocycles. The first-order valence-electron chi connectivity index (χ1n) is 8.94. The molecule has 1 atom stereocenters. The van der Waals surface area contributed by atoms with Gasteiger partial charge in [0.05, 0.1) is 5.92 Å². The van der Waals surface area contributed by atoms with Gasteiger partial charge in [-0.2, -0.15) is 0 Å². The second-order valence-corrected chi connectivity index (χ2v) is 6.29. The van der Waals surface area contributed by atoms with Crippen LogP contribution in [0.2, 0.25) is 0 Å². The molecule has 136 valence electrons. The number of likely N-dealkylation sites (tertiary alicyclic amines) is 1. The predicted molar refractivity (Wildman–Crippen MR) is 99.0 cm³/mol. The summed E-state index contributed by atoms with van der Waals surface area (Å²) in [5, 5.41) is 2.91. The molecule has 0 radical (unpaired) electrons. The number of hydrogen-bond acceptors (Lipinski definition) is 4. The number of carbonyl (C=O) groups is 2. The molecule has 6 heteroatoms. The van der Waals surface area contributed by atoms with Gasteiger partial charge < -0.3 is 15.0 Å². The smallest absolute Gasteiger partial charge is 0.243 e. The number of aromatic nitrogens is 1. The van der Waals surface area contributed by atoms with Crippen LogP contribution in [0.3, 0.4) is 0 Å². The molecule has 1 N–H and O–H groups in total. The molecule has 1 aromatic carbocycles. The molecule has 0 bridgehead atoms. The number of amides is 2. The number of nitrogens with zero attached hydrogens (tertiary/aromatic N) is 2. The number of para-hydroxylation sites is 1. The fourth-order valence-electron chi connectivity index (χ4n) is 3.04. The SMILES string of the molecule is CCC(=O)N1CCC[C@H](C(=O)Nc2cccnc2Oc2ccccc2)C1. The molecule has 0 unspecified atom stereocenters. The molecule has 0 saturated carbocycles. The first-order chi connectivity index (χ1) is 12.7. The van der Waals surface area contributed by atoms with Crippen molar-refractivity contribution in [1.82, 2.24) is 9.88 Å². The number of nitrogens with one attached hydrogen (secondary N) is 1. The number of anilines is 1. The van der Waals surface area contributed by atoms with Gasteiger partial charge in [0.15, 0.2) is 0 Å². The summed E-state index contributed by atoms with van der Waals surface area (Å²) in [7, 11) is 0. The van der Waals surface area contributed by atoms with Crippen LogP contribution in [0.5, 0.6) is 11.6 Å². The standard InChI is InChI=1S/C20H23N3O3/c1-2-18(24)23-13-7-8-15(14-23)19(25)22-17-11-6-12-21-20(17)26-16-9-4-3-5-10-16/h3-6,9-12,15H,2,7-8,13-14H2,1H3,(H,22,25)/t15-/m0/s1. The van der Waals surface area contributed by atoms with Crippen LogP contribution in [-0.4, -0.2) is 34.8 Å². The molecular weight excluding hydrogens is 330 g/mol. The van der Waals surface area contributed by atoms with Crippen molar-refractivity contribution < 1.29 is 14.3 Å². The van der Waals surface area contributed by atoms with Crippen LogP contribution < -0.4 is 10.1 Å². The van der Waals surface area contributed by atoms with E-state index in [-0.39, 0.29) is 17.7 Å². The molecule has 1 aliphatic heterocycles. The van der Waals surface area contributed by atoms with E-state index in [0.717, 1.165) is 19.4 Å². The molecule has 3 rings (SSSR count). The van der Waals surface area contributed by atoms with Crippen LogP contribution in [0.15, 0.2) is 48.7 Å². The summed E-state index contributed by atoms with van der Waals surface area (Å²) in [6.45, 7) is 3.04. The summed E-state index contributed by atoms with van der Waals surface area (Å²) in [4.78, 5) is 30.6. The number of rotatable bonds is 5. The monoisotopic (exact) mass is 353 g/mol. The number of hydrogen-bond donors (Lipinski definition) is 1. The van der Waals surface area contributed by atoms with E-state index in [9.17, 15) is 9.59 Å². The van der Waals surface area contributed by atoms with Crippen molar-refractivity contribution in [2.75, 3.05) is 18.4 Å². The molecular formula is C20H23N3O3. The molecule has 2 aromatic rings. The van der Waals surface area contributed by atoms with Crippen LogP contribution in [-0.2, 0) is 9.59 Å². The fourth-order valence-corrected chi connectivity index (χ4v) is 3.04. The Balaban J connectivity index is 1.68. The van der Waals surface area contributed by atoms with Crippen molar-refractivity contribution >= 4 is 17.5 Å². The lowest BCUT2D eigenvalue weighted by Crippen LogP contribution is -2.43. The van der Waals surface area contributed by atoms with E-state index in [1.165, 1.54) is 0 Å². The van der Waals surface area contributed by atoms with Gasteiger partial charge >= 0.3 is 0 Å². The third kappa shape index (κ3) is 4.39. The van der Waals surface area contributed by atoms with Crippen LogP contribution in [0.4, 0.5) is 5.69 Å². The van der Waals surface area contributed by atoms with Gasteiger partial charge in [0.1, 0.15) is 11.4 Å². The quantitative estimate of drug-likeness (QED) is 0.893. The van der Waals surface area contributed by atoms with Crippen LogP contribution in [0.25, 0.3) is 0 Å². The number of carbonyl (C=O) groups excluding carboxylic acids is 2. The topological polar surface area (TPSA) is 71.5 Å². The Morgan fingerprint density at radius 1 is 1.23 bits per heavy atom. The van der Waals surface area contributed by atoms with Crippen molar-refractivity contribution in [1.29, 1.82) is 0 Å². The van der Waals surface area contributed by atoms with Gasteiger partial charge in [0, 0.05) is 25.7 Å². The largest absolute Gasteiger partial charge is 0.437 e. The minimum absolute atomic E-state index is 0.0944. The molecule has 1 aromatic heterocycles. The zero-order valence-corrected chi connectivity index (χ0v) is 14.9. The maximum Gasteiger partial charge on any atom is 0.243 e. The Morgan fingerprint density at radius 2 is 2.04 bits per heavy atom. The van der Waals surface area contributed by atoms with Crippen molar-refractivity contribution in [3.05, 3.63) is 48.7 Å². The van der Waals surface area contributed by atoms with E-state index >= 15 is 0 Å². The normalized spacial score (nSPS) is 16.8. The number of piperidine rings is 1. The van der Waals surface area contributed by atoms with Gasteiger partial charge in [-0.25, -0.2) is 4.98 Å². The minimum Gasteiger partial charge on any atom is -0.437 e. The molecule has 26 heavy (non-hydrogen) atoms. The molecule has 2 heterocycles. The van der Waals surface area contributed by atoms with E-state index in [0.29, 0.717) is 30.3 Å². The van der Waals surface area contributed by atoms with Gasteiger partial charge in [-0.3, -0.25) is 9.59 Å². The van der Waals surface area contributed by atoms with E-state index in [1.54, 1.807) is 23.2 Å². The average molecular weight is 353 g/mol. The number of ether oxygens (including phenoxy) is 1. The highest BCUT2D eigenvalue weighted by Crippen LogP contribution is 2.28. The lowest BCUT2D eigenvalue weighted by Gasteiger charge is -2.32. The summed E-state index contributed by atoms with van der Waals surface area (Å²) in [5.74, 6) is 0.772. The fraction of sp³-hybridized carbons (Fsp3) is 0.350. The van der Waals surface area contributed by atoms with Crippen molar-refractivity contribution in [3.63, 3.8) is 0 Å². The summed E-state index contributed by atoms with van der Waals surface area (Å²) in [6, 6.07) is 12.8. The first-order valence-corrected chi connectivity index (χ1v) is 8.94. The van der Waals surface area contributed by atoms with E-state index in [1.807, 2.05) is 37.3 Å². The molecule has 1 saturated heterocycles. The van der Waals surface area contributed by atoms with Gasteiger partial charge in [-0.1, -0.05) is 25.1 Å². The summed E-state index contributed by atoms with van der Waals surface area (Å²) < 4.78 is 5.78. The van der Waals surface area contributed by atoms with E-state index in [2.05, 4.69) is 10.3 Å². The number of pyridine rings is 1. The van der Waals surface area contributed by atoms with E-state index in [4.69, 9.17) is 4.74 Å². The molecule has 1 aliphatic rings. The van der Waals surface area contributed by atoms with Crippen LogP contribution >= 0.6 is 0 Å². The lowest BCUT2D eigenvalue weighted by molar-refractivity contribution is -0.134. The van der Waals surface area contributed by atoms with Crippen LogP contribution in [0.1, 0.15) is 26.2 Å². The third-order valence-electron chi connectivity index (χ3n) is 4.43. The van der Waals surface area contributed by atoms with Gasteiger partial charge in [0.25, 0.3) is 0 Å². The summed E-state index contributed by atoms with van der Waals surface area (Å²) >= 11 is 0. The van der Waals surface area contributed by atoms with Crippen molar-refractivity contribution in [2.45, 2.75) is 26.2 Å². The highest BCUT2D eigenvalue weighted by atomic mass is 16.5. The molecule has 0 spiro atoms. The van der Waals surface area contributed by atoms with Gasteiger partial charge in [0.2, 0.25) is 17.7 Å². The zero-order valence-electron chi connectivity index (χ0n) is 14.9. The van der Waals surface area contributed by atoms with Gasteiger partial charge in [-0.05, 0) is 37.1 Å². The Bertz CT molecular complexity index is 764. The maximum absolute atomic E-state index is 12.7. The Kier molecular flexibility index (Phi) is 5.84. The third-order valence-corrected chi connectivity index (χ3v) is 4.43. The lowest BCUT2D eigenvalue weighted by atomic mass is 9.97. The average Bonchev–Trinajstić information content (AvgIpc) is 2.69. The summed E-state index contributed by atoms with van der Waals surface area (Å²) in [5.41, 5.74) is 0.528. The molecule has 6 nitrogen and oxygen atoms in total. The van der Waals surface area contributed by atoms with Crippen LogP contribution in [0, 0.1) is 5.92 Å². The Morgan fingerprint density at radius 3 is 2.81 bits per heavy atom. The Hall–Kier alpha value is -2.89. The van der Waals surface area contributed by atoms with E-state index < -0.39 is 0 Å². The molecule has 1 fully saturated rings. The highest BCUT2D eigenvalue weighted by Gasteiger charge is 2.28. The first kappa shape index (κ1) is 17.9. The van der Waals surface area contributed by atoms with Crippen molar-refractivity contribution in [2.24, 2.45) is 5.92 Å². The second-order valence-electron chi connectivity index (χ2n) is 6.29. The Labute approximate surface area is 153 Å². The van der Waals surface area contributed by atoms with Gasteiger partial charge in [-0.15, -0.1) is 0 Å². The maximum atomic E-state index is 12.7. The predicted octanol–water partition coefficient (Wildman–Crippen LogP) is 3.46. The second kappa shape index (κ2) is 8.47. The zero-order chi connectivity index (χ0) is 18.4. The highest BCUT2D eigenvalue weighted by molar-refractivity contribution is 5.94. The molecule has 2 amide bonds. The van der Waals surface area contributed by atoms with Crippen molar-refractivity contribution in [3.8, 4) is 11.6 Å². The summed E-state index contributed by atoms with van der Waals surface area (Å²) in [6.07, 6.45) is 3.70. The number of benzene rings is 1. The minimum atomic E-state index is -0.218.